The van der Waals surface area contributed by atoms with Gasteiger partial charge in [-0.1, -0.05) is 6.07 Å². The molecule has 0 atom stereocenters. The van der Waals surface area contributed by atoms with Crippen molar-refractivity contribution in [2.45, 2.75) is 0 Å². The van der Waals surface area contributed by atoms with Gasteiger partial charge in [0.05, 0.1) is 24.0 Å². The number of carbonyl (C=O) groups excluding carboxylic acids is 2. The fraction of sp³-hybridized carbons (Fsp3) is 0.0800. The largest absolute Gasteiger partial charge is 0.395 e. The number of urea groups is 1. The van der Waals surface area contributed by atoms with Crippen molar-refractivity contribution in [1.29, 1.82) is 0 Å². The highest BCUT2D eigenvalue weighted by atomic mass is 19.1. The monoisotopic (exact) mass is 462 g/mol. The number of halogens is 2. The van der Waals surface area contributed by atoms with Crippen LogP contribution in [-0.2, 0) is 0 Å². The predicted octanol–water partition coefficient (Wildman–Crippen LogP) is 4.79. The number of aromatic nitrogens is 1. The van der Waals surface area contributed by atoms with Crippen molar-refractivity contribution >= 4 is 39.8 Å². The molecule has 0 saturated heterocycles. The molecule has 0 saturated carbocycles. The van der Waals surface area contributed by atoms with Crippen LogP contribution < -0.4 is 16.0 Å². The molecule has 0 fully saturated rings. The van der Waals surface area contributed by atoms with Crippen molar-refractivity contribution in [3.63, 3.8) is 0 Å². The van der Waals surface area contributed by atoms with Crippen LogP contribution in [0.1, 0.15) is 15.9 Å². The van der Waals surface area contributed by atoms with E-state index in [2.05, 4.69) is 20.9 Å². The van der Waals surface area contributed by atoms with Gasteiger partial charge in [0.2, 0.25) is 0 Å². The van der Waals surface area contributed by atoms with E-state index in [-0.39, 0.29) is 23.5 Å². The first-order valence-corrected chi connectivity index (χ1v) is 10.3. The van der Waals surface area contributed by atoms with Crippen LogP contribution in [0.4, 0.5) is 30.6 Å². The van der Waals surface area contributed by atoms with E-state index < -0.39 is 23.4 Å². The van der Waals surface area contributed by atoms with Crippen molar-refractivity contribution < 1.29 is 23.5 Å². The van der Waals surface area contributed by atoms with Crippen LogP contribution in [-0.4, -0.2) is 35.1 Å². The second-order valence-corrected chi connectivity index (χ2v) is 7.43. The molecule has 7 nitrogen and oxygen atoms in total. The number of nitrogens with zero attached hydrogens (tertiary/aromatic N) is 1. The standard InChI is InChI=1S/C25H20F2N4O3/c26-18-2-1-3-20(12-18)30-25(34)31-21-11-17(9-19(27)13-21)24(33)15-4-5-23-16(8-15)10-22(14-29-23)28-6-7-32/h1-5,8-14,28,32H,6-7H2,(H2,30,31,34). The molecule has 34 heavy (non-hydrogen) atoms. The summed E-state index contributed by atoms with van der Waals surface area (Å²) in [6.07, 6.45) is 1.62. The molecule has 1 aromatic heterocycles. The molecule has 0 aliphatic carbocycles. The average molecular weight is 462 g/mol. The summed E-state index contributed by atoms with van der Waals surface area (Å²) in [5.41, 5.74) is 2.00. The molecule has 0 aliphatic heterocycles. The first-order chi connectivity index (χ1) is 16.4. The lowest BCUT2D eigenvalue weighted by Gasteiger charge is -2.10. The van der Waals surface area contributed by atoms with E-state index in [1.807, 2.05) is 0 Å². The summed E-state index contributed by atoms with van der Waals surface area (Å²) >= 11 is 0. The number of fused-ring (bicyclic) bond motifs is 1. The van der Waals surface area contributed by atoms with Crippen LogP contribution in [0.2, 0.25) is 0 Å². The van der Waals surface area contributed by atoms with E-state index in [0.29, 0.717) is 28.7 Å². The van der Waals surface area contributed by atoms with Crippen LogP contribution in [0.5, 0.6) is 0 Å². The van der Waals surface area contributed by atoms with Crippen LogP contribution in [0.3, 0.4) is 0 Å². The van der Waals surface area contributed by atoms with Crippen molar-refractivity contribution in [2.75, 3.05) is 29.1 Å². The minimum absolute atomic E-state index is 0.0350. The van der Waals surface area contributed by atoms with Crippen LogP contribution in [0.15, 0.2) is 72.9 Å². The second-order valence-electron chi connectivity index (χ2n) is 7.43. The first-order valence-electron chi connectivity index (χ1n) is 10.3. The fourth-order valence-electron chi connectivity index (χ4n) is 3.39. The number of hydrogen-bond acceptors (Lipinski definition) is 5. The highest BCUT2D eigenvalue weighted by Crippen LogP contribution is 2.22. The maximum Gasteiger partial charge on any atom is 0.323 e. The molecule has 0 spiro atoms. The minimum Gasteiger partial charge on any atom is -0.395 e. The van der Waals surface area contributed by atoms with Gasteiger partial charge in [-0.05, 0) is 60.7 Å². The number of nitrogens with one attached hydrogen (secondary N) is 3. The summed E-state index contributed by atoms with van der Waals surface area (Å²) in [7, 11) is 0. The third-order valence-electron chi connectivity index (χ3n) is 4.88. The van der Waals surface area contributed by atoms with Gasteiger partial charge in [-0.2, -0.15) is 0 Å². The molecule has 0 unspecified atom stereocenters. The number of ketones is 1. The number of rotatable bonds is 7. The molecule has 3 aromatic carbocycles. The number of pyridine rings is 1. The quantitative estimate of drug-likeness (QED) is 0.296. The zero-order valence-corrected chi connectivity index (χ0v) is 17.8. The van der Waals surface area contributed by atoms with Gasteiger partial charge in [-0.15, -0.1) is 0 Å². The number of aliphatic hydroxyl groups is 1. The van der Waals surface area contributed by atoms with E-state index in [9.17, 15) is 18.4 Å². The zero-order chi connectivity index (χ0) is 24.1. The Kier molecular flexibility index (Phi) is 6.74. The van der Waals surface area contributed by atoms with Gasteiger partial charge in [0.1, 0.15) is 11.6 Å². The summed E-state index contributed by atoms with van der Waals surface area (Å²) in [6, 6.07) is 14.8. The Labute approximate surface area is 193 Å². The van der Waals surface area contributed by atoms with E-state index in [1.165, 1.54) is 24.3 Å². The number of anilines is 3. The van der Waals surface area contributed by atoms with Gasteiger partial charge >= 0.3 is 6.03 Å². The molecule has 4 N–H and O–H groups in total. The molecule has 0 aliphatic rings. The maximum absolute atomic E-state index is 14.2. The van der Waals surface area contributed by atoms with E-state index in [1.54, 1.807) is 30.5 Å². The summed E-state index contributed by atoms with van der Waals surface area (Å²) in [6.45, 7) is 0.324. The molecule has 4 rings (SSSR count). The van der Waals surface area contributed by atoms with Crippen LogP contribution in [0, 0.1) is 11.6 Å². The van der Waals surface area contributed by atoms with Crippen molar-refractivity contribution in [1.82, 2.24) is 4.98 Å². The SMILES string of the molecule is O=C(Nc1cccc(F)c1)Nc1cc(F)cc(C(=O)c2ccc3ncc(NCCO)cc3c2)c1. The van der Waals surface area contributed by atoms with Crippen molar-refractivity contribution in [2.24, 2.45) is 0 Å². The molecule has 4 aromatic rings. The van der Waals surface area contributed by atoms with Crippen LogP contribution >= 0.6 is 0 Å². The molecular formula is C25H20F2N4O3. The summed E-state index contributed by atoms with van der Waals surface area (Å²) < 4.78 is 27.5. The normalized spacial score (nSPS) is 10.7. The van der Waals surface area contributed by atoms with Gasteiger partial charge in [0, 0.05) is 34.4 Å². The molecular weight excluding hydrogens is 442 g/mol. The topological polar surface area (TPSA) is 103 Å². The number of amides is 2. The third kappa shape index (κ3) is 5.51. The third-order valence-corrected chi connectivity index (χ3v) is 4.88. The molecule has 2 amide bonds. The Morgan fingerprint density at radius 2 is 1.62 bits per heavy atom. The zero-order valence-electron chi connectivity index (χ0n) is 17.8. The van der Waals surface area contributed by atoms with Gasteiger partial charge in [0.15, 0.2) is 5.78 Å². The lowest BCUT2D eigenvalue weighted by atomic mass is 10.0. The van der Waals surface area contributed by atoms with Gasteiger partial charge < -0.3 is 21.1 Å². The van der Waals surface area contributed by atoms with Gasteiger partial charge in [0.25, 0.3) is 0 Å². The highest BCUT2D eigenvalue weighted by molar-refractivity contribution is 6.11. The summed E-state index contributed by atoms with van der Waals surface area (Å²) in [5.74, 6) is -1.66. The predicted molar refractivity (Wildman–Crippen MR) is 126 cm³/mol. The number of carbonyl (C=O) groups is 2. The highest BCUT2D eigenvalue weighted by Gasteiger charge is 2.14. The second kappa shape index (κ2) is 10.1. The first kappa shape index (κ1) is 22.8. The van der Waals surface area contributed by atoms with E-state index in [0.717, 1.165) is 18.2 Å². The Morgan fingerprint density at radius 1 is 0.824 bits per heavy atom. The molecule has 9 heteroatoms. The summed E-state index contributed by atoms with van der Waals surface area (Å²) in [5, 5.41) is 17.6. The van der Waals surface area contributed by atoms with Gasteiger partial charge in [-0.3, -0.25) is 9.78 Å². The molecule has 0 bridgehead atoms. The fourth-order valence-corrected chi connectivity index (χ4v) is 3.39. The number of aliphatic hydroxyl groups excluding tert-OH is 1. The Hall–Kier alpha value is -4.37. The lowest BCUT2D eigenvalue weighted by molar-refractivity contribution is 0.103. The minimum atomic E-state index is -0.714. The Bertz CT molecular complexity index is 1380. The Morgan fingerprint density at radius 3 is 2.41 bits per heavy atom. The molecule has 0 radical (unpaired) electrons. The number of hydrogen-bond donors (Lipinski definition) is 4. The van der Waals surface area contributed by atoms with Crippen LogP contribution in [0.25, 0.3) is 10.9 Å². The number of benzene rings is 3. The average Bonchev–Trinajstić information content (AvgIpc) is 2.81. The van der Waals surface area contributed by atoms with E-state index >= 15 is 0 Å². The van der Waals surface area contributed by atoms with E-state index in [4.69, 9.17) is 5.11 Å². The smallest absolute Gasteiger partial charge is 0.323 e. The lowest BCUT2D eigenvalue weighted by Crippen LogP contribution is -2.20. The van der Waals surface area contributed by atoms with Crippen molar-refractivity contribution in [3.8, 4) is 0 Å². The Balaban J connectivity index is 1.55. The maximum atomic E-state index is 14.2. The van der Waals surface area contributed by atoms with Gasteiger partial charge in [-0.25, -0.2) is 13.6 Å². The van der Waals surface area contributed by atoms with Crippen molar-refractivity contribution in [3.05, 3.63) is 95.7 Å². The summed E-state index contributed by atoms with van der Waals surface area (Å²) in [4.78, 5) is 29.6. The molecule has 172 valence electrons. The molecule has 1 heterocycles.